The van der Waals surface area contributed by atoms with E-state index in [4.69, 9.17) is 9.83 Å². The summed E-state index contributed by atoms with van der Waals surface area (Å²) in [5.74, 6) is 0.332. The number of aliphatic imine (C=N–C) groups is 2. The Morgan fingerprint density at radius 3 is 2.90 bits per heavy atom. The monoisotopic (exact) mass is 396 g/mol. The second kappa shape index (κ2) is 8.00. The Morgan fingerprint density at radius 1 is 1.17 bits per heavy atom. The number of hydrogen-bond acceptors (Lipinski definition) is 5. The van der Waals surface area contributed by atoms with Gasteiger partial charge in [-0.15, -0.1) is 0 Å². The number of piperidine rings is 1. The molecule has 4 aliphatic rings. The highest BCUT2D eigenvalue weighted by molar-refractivity contribution is 6.05. The molecular weight excluding hydrogens is 367 g/mol. The Bertz CT molecular complexity index is 870. The molecule has 1 aromatic rings. The normalized spacial score (nSPS) is 25.2. The molecule has 1 aromatic carbocycles. The Kier molecular flexibility index (Phi) is 5.22. The van der Waals surface area contributed by atoms with Crippen LogP contribution in [0.2, 0.25) is 0 Å². The molecule has 0 radical (unpaired) electrons. The number of allylic oxidation sites excluding steroid dienone is 1. The molecule has 1 unspecified atom stereocenters. The van der Waals surface area contributed by atoms with Crippen molar-refractivity contribution in [3.63, 3.8) is 0 Å². The third kappa shape index (κ3) is 3.88. The summed E-state index contributed by atoms with van der Waals surface area (Å²) < 4.78 is 13.5. The van der Waals surface area contributed by atoms with Gasteiger partial charge in [0.15, 0.2) is 0 Å². The van der Waals surface area contributed by atoms with E-state index in [1.54, 1.807) is 12.1 Å². The van der Waals surface area contributed by atoms with E-state index in [2.05, 4.69) is 21.9 Å². The number of benzene rings is 1. The molecule has 0 amide bonds. The van der Waals surface area contributed by atoms with Crippen molar-refractivity contribution in [3.05, 3.63) is 46.5 Å². The fraction of sp³-hybridized carbons (Fsp3) is 0.565. The van der Waals surface area contributed by atoms with Gasteiger partial charge in [-0.1, -0.05) is 0 Å². The molecular formula is C23H29FN4O. The molecule has 4 aliphatic heterocycles. The highest BCUT2D eigenvalue weighted by atomic mass is 19.1. The summed E-state index contributed by atoms with van der Waals surface area (Å²) >= 11 is 0. The van der Waals surface area contributed by atoms with Gasteiger partial charge in [0.2, 0.25) is 0 Å². The summed E-state index contributed by atoms with van der Waals surface area (Å²) in [5, 5.41) is 2.09. The highest BCUT2D eigenvalue weighted by Gasteiger charge is 2.29. The maximum Gasteiger partial charge on any atom is 0.123 e. The SMILES string of the molecule is CC1=C(CCN2CCC(C3=NCc4cc(F)ccc43)CC2)N2CCCC(C=N1)O2. The first-order chi connectivity index (χ1) is 14.2. The van der Waals surface area contributed by atoms with Crippen molar-refractivity contribution in [3.8, 4) is 0 Å². The van der Waals surface area contributed by atoms with Gasteiger partial charge in [-0.25, -0.2) is 4.39 Å². The van der Waals surface area contributed by atoms with Crippen molar-refractivity contribution >= 4 is 11.9 Å². The van der Waals surface area contributed by atoms with Crippen LogP contribution in [0.1, 0.15) is 50.2 Å². The van der Waals surface area contributed by atoms with Crippen LogP contribution in [0.15, 0.2) is 39.6 Å². The maximum atomic E-state index is 13.5. The number of hydrogen-bond donors (Lipinski definition) is 0. The van der Waals surface area contributed by atoms with Gasteiger partial charge in [0.25, 0.3) is 0 Å². The highest BCUT2D eigenvalue weighted by Crippen LogP contribution is 2.30. The van der Waals surface area contributed by atoms with E-state index < -0.39 is 0 Å². The molecule has 0 aromatic heterocycles. The van der Waals surface area contributed by atoms with Gasteiger partial charge in [0, 0.05) is 42.9 Å². The average Bonchev–Trinajstić information content (AvgIpc) is 3.12. The molecule has 154 valence electrons. The largest absolute Gasteiger partial charge is 0.303 e. The van der Waals surface area contributed by atoms with Gasteiger partial charge >= 0.3 is 0 Å². The minimum atomic E-state index is -0.161. The molecule has 0 aliphatic carbocycles. The van der Waals surface area contributed by atoms with Gasteiger partial charge < -0.3 is 4.90 Å². The molecule has 4 heterocycles. The number of likely N-dealkylation sites (tertiary alicyclic amines) is 1. The van der Waals surface area contributed by atoms with Gasteiger partial charge in [-0.3, -0.25) is 19.9 Å². The van der Waals surface area contributed by atoms with Gasteiger partial charge in [0.05, 0.1) is 17.9 Å². The van der Waals surface area contributed by atoms with E-state index in [0.717, 1.165) is 69.5 Å². The quantitative estimate of drug-likeness (QED) is 0.774. The summed E-state index contributed by atoms with van der Waals surface area (Å²) in [6, 6.07) is 5.11. The van der Waals surface area contributed by atoms with Crippen LogP contribution in [0.3, 0.4) is 0 Å². The summed E-state index contributed by atoms with van der Waals surface area (Å²) in [6.45, 7) is 6.90. The molecule has 0 spiro atoms. The topological polar surface area (TPSA) is 40.4 Å². The van der Waals surface area contributed by atoms with Gasteiger partial charge in [-0.2, -0.15) is 0 Å². The molecule has 29 heavy (non-hydrogen) atoms. The average molecular weight is 397 g/mol. The Hall–Kier alpha value is -2.05. The minimum Gasteiger partial charge on any atom is -0.303 e. The minimum absolute atomic E-state index is 0.135. The van der Waals surface area contributed by atoms with Crippen molar-refractivity contribution in [2.24, 2.45) is 15.9 Å². The van der Waals surface area contributed by atoms with Crippen molar-refractivity contribution in [1.82, 2.24) is 9.96 Å². The molecule has 1 atom stereocenters. The molecule has 2 saturated heterocycles. The number of rotatable bonds is 4. The van der Waals surface area contributed by atoms with E-state index in [9.17, 15) is 4.39 Å². The predicted molar refractivity (Wildman–Crippen MR) is 112 cm³/mol. The van der Waals surface area contributed by atoms with E-state index >= 15 is 0 Å². The van der Waals surface area contributed by atoms with E-state index in [1.165, 1.54) is 17.0 Å². The van der Waals surface area contributed by atoms with Crippen LogP contribution in [0.4, 0.5) is 4.39 Å². The standard InChI is InChI=1S/C23H29FN4O/c1-16-22(28-9-2-3-20(29-28)15-25-16)8-12-27-10-6-17(7-11-27)23-21-5-4-19(24)13-18(21)14-26-23/h4-5,13,15,17,20H,2-3,6-12,14H2,1H3. The Morgan fingerprint density at radius 2 is 2.03 bits per heavy atom. The Labute approximate surface area is 171 Å². The Balaban J connectivity index is 1.17. The fourth-order valence-electron chi connectivity index (χ4n) is 5.00. The number of hydroxylamine groups is 2. The van der Waals surface area contributed by atoms with Crippen LogP contribution >= 0.6 is 0 Å². The van der Waals surface area contributed by atoms with E-state index in [-0.39, 0.29) is 11.9 Å². The van der Waals surface area contributed by atoms with Crippen molar-refractivity contribution in [2.75, 3.05) is 26.2 Å². The third-order valence-electron chi connectivity index (χ3n) is 6.67. The van der Waals surface area contributed by atoms with Crippen LogP contribution in [0.5, 0.6) is 0 Å². The summed E-state index contributed by atoms with van der Waals surface area (Å²) in [6.07, 6.45) is 7.54. The molecule has 5 nitrogen and oxygen atoms in total. The van der Waals surface area contributed by atoms with E-state index in [1.807, 2.05) is 12.3 Å². The molecule has 2 bridgehead atoms. The molecule has 0 N–H and O–H groups in total. The zero-order chi connectivity index (χ0) is 19.8. The molecule has 0 saturated carbocycles. The van der Waals surface area contributed by atoms with Gasteiger partial charge in [0.1, 0.15) is 11.9 Å². The fourth-order valence-corrected chi connectivity index (χ4v) is 5.00. The van der Waals surface area contributed by atoms with Crippen LogP contribution < -0.4 is 0 Å². The van der Waals surface area contributed by atoms with Crippen LogP contribution in [0.25, 0.3) is 0 Å². The van der Waals surface area contributed by atoms with E-state index in [0.29, 0.717) is 12.5 Å². The first-order valence-corrected chi connectivity index (χ1v) is 10.9. The molecule has 2 fully saturated rings. The lowest BCUT2D eigenvalue weighted by atomic mass is 9.87. The lowest BCUT2D eigenvalue weighted by Gasteiger charge is -2.35. The number of fused-ring (bicyclic) bond motifs is 3. The second-order valence-corrected chi connectivity index (χ2v) is 8.57. The van der Waals surface area contributed by atoms with Crippen molar-refractivity contribution < 1.29 is 9.23 Å². The summed E-state index contributed by atoms with van der Waals surface area (Å²) in [5.41, 5.74) is 5.73. The maximum absolute atomic E-state index is 13.5. The molecule has 6 heteroatoms. The van der Waals surface area contributed by atoms with Crippen LogP contribution in [-0.4, -0.2) is 54.2 Å². The summed E-state index contributed by atoms with van der Waals surface area (Å²) in [7, 11) is 0. The van der Waals surface area contributed by atoms with Crippen molar-refractivity contribution in [2.45, 2.75) is 51.7 Å². The third-order valence-corrected chi connectivity index (χ3v) is 6.67. The lowest BCUT2D eigenvalue weighted by molar-refractivity contribution is -0.175. The summed E-state index contributed by atoms with van der Waals surface area (Å²) in [4.78, 5) is 18.0. The first-order valence-electron chi connectivity index (χ1n) is 10.9. The van der Waals surface area contributed by atoms with Gasteiger partial charge in [-0.05, 0) is 69.5 Å². The zero-order valence-electron chi connectivity index (χ0n) is 17.1. The smallest absolute Gasteiger partial charge is 0.123 e. The zero-order valence-corrected chi connectivity index (χ0v) is 17.1. The number of halogens is 1. The van der Waals surface area contributed by atoms with Crippen molar-refractivity contribution in [1.29, 1.82) is 0 Å². The van der Waals surface area contributed by atoms with Crippen LogP contribution in [-0.2, 0) is 11.4 Å². The lowest BCUT2D eigenvalue weighted by Crippen LogP contribution is -2.39. The number of nitrogens with zero attached hydrogens (tertiary/aromatic N) is 4. The molecule has 5 rings (SSSR count). The predicted octanol–water partition coefficient (Wildman–Crippen LogP) is 3.94. The van der Waals surface area contributed by atoms with Crippen LogP contribution in [0, 0.1) is 11.7 Å². The first kappa shape index (κ1) is 18.9. The second-order valence-electron chi connectivity index (χ2n) is 8.57.